The molecule has 0 aliphatic carbocycles. The monoisotopic (exact) mass is 286 g/mol. The van der Waals surface area contributed by atoms with Gasteiger partial charge in [0.15, 0.2) is 0 Å². The van der Waals surface area contributed by atoms with Crippen LogP contribution < -0.4 is 16.4 Å². The van der Waals surface area contributed by atoms with E-state index >= 15 is 0 Å². The van der Waals surface area contributed by atoms with E-state index in [-0.39, 0.29) is 4.90 Å². The van der Waals surface area contributed by atoms with Gasteiger partial charge in [-0.25, -0.2) is 12.7 Å². The molecule has 6 nitrogen and oxygen atoms in total. The number of nitrogens with two attached hydrogens (primary N) is 2. The van der Waals surface area contributed by atoms with Crippen LogP contribution in [-0.2, 0) is 10.0 Å². The molecule has 4 N–H and O–H groups in total. The molecule has 0 radical (unpaired) electrons. The third-order valence-electron chi connectivity index (χ3n) is 2.78. The van der Waals surface area contributed by atoms with Crippen molar-refractivity contribution in [1.29, 1.82) is 0 Å². The van der Waals surface area contributed by atoms with E-state index in [0.717, 1.165) is 5.69 Å². The van der Waals surface area contributed by atoms with Gasteiger partial charge in [0.2, 0.25) is 10.0 Å². The molecule has 0 aliphatic rings. The zero-order valence-electron chi connectivity index (χ0n) is 11.4. The molecule has 0 bridgehead atoms. The fourth-order valence-corrected chi connectivity index (χ4v) is 2.62. The zero-order chi connectivity index (χ0) is 14.5. The van der Waals surface area contributed by atoms with Gasteiger partial charge in [-0.05, 0) is 24.3 Å². The Morgan fingerprint density at radius 2 is 1.47 bits per heavy atom. The summed E-state index contributed by atoms with van der Waals surface area (Å²) in [5.74, 6) is 0. The summed E-state index contributed by atoms with van der Waals surface area (Å²) in [4.78, 5) is 2.31. The molecule has 19 heavy (non-hydrogen) atoms. The van der Waals surface area contributed by atoms with Crippen molar-refractivity contribution < 1.29 is 8.42 Å². The normalized spacial score (nSPS) is 11.8. The number of sulfonamides is 1. The Hall–Kier alpha value is -1.15. The smallest absolute Gasteiger partial charge is 0.242 e. The van der Waals surface area contributed by atoms with E-state index in [4.69, 9.17) is 11.5 Å². The summed E-state index contributed by atoms with van der Waals surface area (Å²) in [6.07, 6.45) is 0. The second-order valence-electron chi connectivity index (χ2n) is 4.35. The van der Waals surface area contributed by atoms with E-state index in [2.05, 4.69) is 0 Å². The zero-order valence-corrected chi connectivity index (χ0v) is 12.2. The minimum atomic E-state index is -3.38. The van der Waals surface area contributed by atoms with Crippen LogP contribution in [0.25, 0.3) is 0 Å². The van der Waals surface area contributed by atoms with E-state index in [1.165, 1.54) is 18.4 Å². The Balaban J connectivity index is 2.98. The molecular weight excluding hydrogens is 264 g/mol. The lowest BCUT2D eigenvalue weighted by atomic mass is 10.3. The molecule has 1 aromatic carbocycles. The highest BCUT2D eigenvalue weighted by molar-refractivity contribution is 7.89. The largest absolute Gasteiger partial charge is 0.369 e. The Morgan fingerprint density at radius 3 is 1.84 bits per heavy atom. The highest BCUT2D eigenvalue weighted by Gasteiger charge is 2.17. The maximum atomic E-state index is 11.9. The number of anilines is 1. The van der Waals surface area contributed by atoms with Gasteiger partial charge in [0.25, 0.3) is 0 Å². The number of hydrogen-bond donors (Lipinski definition) is 2. The fourth-order valence-electron chi connectivity index (χ4n) is 1.72. The van der Waals surface area contributed by atoms with Gasteiger partial charge < -0.3 is 16.4 Å². The first-order valence-electron chi connectivity index (χ1n) is 6.11. The average molecular weight is 286 g/mol. The molecule has 0 aliphatic heterocycles. The van der Waals surface area contributed by atoms with Gasteiger partial charge in [0.1, 0.15) is 0 Å². The Bertz CT molecular complexity index is 479. The highest BCUT2D eigenvalue weighted by Crippen LogP contribution is 2.19. The average Bonchev–Trinajstić information content (AvgIpc) is 2.38. The standard InChI is InChI=1S/C12H22N4O2S/c1-15(2)19(17,18)12-5-3-11(4-6-12)16(9-7-13)10-8-14/h3-6H,7-10,13-14H2,1-2H3. The molecule has 0 fully saturated rings. The second kappa shape index (κ2) is 6.85. The van der Waals surface area contributed by atoms with Gasteiger partial charge in [0, 0.05) is 46.0 Å². The number of hydrogen-bond acceptors (Lipinski definition) is 5. The number of benzene rings is 1. The predicted octanol–water partition coefficient (Wildman–Crippen LogP) is -0.339. The molecule has 0 amide bonds. The topological polar surface area (TPSA) is 92.7 Å². The molecule has 0 aromatic heterocycles. The summed E-state index contributed by atoms with van der Waals surface area (Å²) in [5.41, 5.74) is 12.0. The van der Waals surface area contributed by atoms with Gasteiger partial charge in [-0.15, -0.1) is 0 Å². The first-order valence-corrected chi connectivity index (χ1v) is 7.55. The fraction of sp³-hybridized carbons (Fsp3) is 0.500. The lowest BCUT2D eigenvalue weighted by molar-refractivity contribution is 0.521. The van der Waals surface area contributed by atoms with E-state index in [1.54, 1.807) is 24.3 Å². The number of rotatable bonds is 7. The van der Waals surface area contributed by atoms with Gasteiger partial charge >= 0.3 is 0 Å². The molecule has 1 aromatic rings. The quantitative estimate of drug-likeness (QED) is 0.715. The summed E-state index contributed by atoms with van der Waals surface area (Å²) in [5, 5.41) is 0. The first-order chi connectivity index (χ1) is 8.93. The van der Waals surface area contributed by atoms with Crippen molar-refractivity contribution in [1.82, 2.24) is 4.31 Å². The van der Waals surface area contributed by atoms with Gasteiger partial charge in [-0.3, -0.25) is 0 Å². The van der Waals surface area contributed by atoms with Crippen LogP contribution in [0.4, 0.5) is 5.69 Å². The Morgan fingerprint density at radius 1 is 1.00 bits per heavy atom. The lowest BCUT2D eigenvalue weighted by Gasteiger charge is -2.23. The summed E-state index contributed by atoms with van der Waals surface area (Å²) in [6, 6.07) is 6.76. The van der Waals surface area contributed by atoms with Crippen molar-refractivity contribution in [2.45, 2.75) is 4.90 Å². The second-order valence-corrected chi connectivity index (χ2v) is 6.50. The molecule has 7 heteroatoms. The summed E-state index contributed by atoms with van der Waals surface area (Å²) in [6.45, 7) is 2.43. The molecule has 1 rings (SSSR count). The summed E-state index contributed by atoms with van der Waals surface area (Å²) in [7, 11) is -0.354. The molecule has 0 spiro atoms. The van der Waals surface area contributed by atoms with E-state index in [9.17, 15) is 8.42 Å². The lowest BCUT2D eigenvalue weighted by Crippen LogP contribution is -2.33. The Labute approximate surface area is 115 Å². The summed E-state index contributed by atoms with van der Waals surface area (Å²) >= 11 is 0. The van der Waals surface area contributed by atoms with Crippen LogP contribution in [0.2, 0.25) is 0 Å². The molecule has 0 atom stereocenters. The van der Waals surface area contributed by atoms with Gasteiger partial charge in [-0.2, -0.15) is 0 Å². The Kier molecular flexibility index (Phi) is 5.74. The van der Waals surface area contributed by atoms with Crippen LogP contribution in [0, 0.1) is 0 Å². The van der Waals surface area contributed by atoms with E-state index in [0.29, 0.717) is 26.2 Å². The molecular formula is C12H22N4O2S. The van der Waals surface area contributed by atoms with Crippen LogP contribution >= 0.6 is 0 Å². The third-order valence-corrected chi connectivity index (χ3v) is 4.61. The van der Waals surface area contributed by atoms with E-state index < -0.39 is 10.0 Å². The van der Waals surface area contributed by atoms with Crippen LogP contribution in [0.1, 0.15) is 0 Å². The van der Waals surface area contributed by atoms with Crippen molar-refractivity contribution in [2.75, 3.05) is 45.2 Å². The van der Waals surface area contributed by atoms with Crippen molar-refractivity contribution >= 4 is 15.7 Å². The number of nitrogens with zero attached hydrogens (tertiary/aromatic N) is 2. The van der Waals surface area contributed by atoms with Crippen LogP contribution in [0.5, 0.6) is 0 Å². The van der Waals surface area contributed by atoms with Crippen LogP contribution in [0.15, 0.2) is 29.2 Å². The van der Waals surface area contributed by atoms with Gasteiger partial charge in [-0.1, -0.05) is 0 Å². The SMILES string of the molecule is CN(C)S(=O)(=O)c1ccc(N(CCN)CCN)cc1. The highest BCUT2D eigenvalue weighted by atomic mass is 32.2. The van der Waals surface area contributed by atoms with E-state index in [1.807, 2.05) is 4.90 Å². The summed E-state index contributed by atoms with van der Waals surface area (Å²) < 4.78 is 25.1. The minimum absolute atomic E-state index is 0.279. The maximum Gasteiger partial charge on any atom is 0.242 e. The van der Waals surface area contributed by atoms with Crippen molar-refractivity contribution in [3.05, 3.63) is 24.3 Å². The molecule has 0 heterocycles. The molecule has 0 saturated heterocycles. The van der Waals surface area contributed by atoms with Crippen LogP contribution in [-0.4, -0.2) is 53.0 Å². The van der Waals surface area contributed by atoms with Crippen molar-refractivity contribution in [3.8, 4) is 0 Å². The van der Waals surface area contributed by atoms with Gasteiger partial charge in [0.05, 0.1) is 4.90 Å². The third kappa shape index (κ3) is 3.90. The minimum Gasteiger partial charge on any atom is -0.369 e. The van der Waals surface area contributed by atoms with Crippen molar-refractivity contribution in [3.63, 3.8) is 0 Å². The first kappa shape index (κ1) is 15.9. The predicted molar refractivity (Wildman–Crippen MR) is 77.6 cm³/mol. The molecule has 0 saturated carbocycles. The molecule has 0 unspecified atom stereocenters. The van der Waals surface area contributed by atoms with Crippen molar-refractivity contribution in [2.24, 2.45) is 11.5 Å². The van der Waals surface area contributed by atoms with Crippen LogP contribution in [0.3, 0.4) is 0 Å². The molecule has 108 valence electrons. The maximum absolute atomic E-state index is 11.9.